The molecule has 0 radical (unpaired) electrons. The number of hydrogen-bond acceptors (Lipinski definition) is 4. The Morgan fingerprint density at radius 1 is 1.25 bits per heavy atom. The van der Waals surface area contributed by atoms with Crippen LogP contribution in [0.4, 0.5) is 0 Å². The van der Waals surface area contributed by atoms with Gasteiger partial charge in [-0.1, -0.05) is 6.92 Å². The van der Waals surface area contributed by atoms with Crippen molar-refractivity contribution in [2.75, 3.05) is 19.8 Å². The monoisotopic (exact) mass is 173 g/mol. The topological polar surface area (TPSA) is 70.8 Å². The maximum atomic E-state index is 10.9. The van der Waals surface area contributed by atoms with E-state index in [1.165, 1.54) is 0 Å². The van der Waals surface area contributed by atoms with Crippen LogP contribution in [0.2, 0.25) is 0 Å². The predicted octanol–water partition coefficient (Wildman–Crippen LogP) is -0.791. The molecule has 2 N–H and O–H groups in total. The van der Waals surface area contributed by atoms with Gasteiger partial charge in [0.05, 0.1) is 19.8 Å². The van der Waals surface area contributed by atoms with Crippen LogP contribution in [0.1, 0.15) is 6.92 Å². The highest BCUT2D eigenvalue weighted by Gasteiger charge is 2.54. The number of fused-ring (bicyclic) bond motifs is 3. The molecule has 3 saturated heterocycles. The Kier molecular flexibility index (Phi) is 1.45. The molecule has 3 aliphatic heterocycles. The molecule has 0 aromatic carbocycles. The van der Waals surface area contributed by atoms with Gasteiger partial charge in [-0.25, -0.2) is 0 Å². The van der Waals surface area contributed by atoms with E-state index in [0.717, 1.165) is 0 Å². The first-order chi connectivity index (χ1) is 5.56. The molecule has 5 nitrogen and oxygen atoms in total. The zero-order chi connectivity index (χ0) is 8.82. The molecule has 3 heterocycles. The summed E-state index contributed by atoms with van der Waals surface area (Å²) < 4.78 is 15.3. The Hall–Kier alpha value is -0.650. The lowest BCUT2D eigenvalue weighted by atomic mass is 9.92. The fraction of sp³-hybridized carbons (Fsp3) is 0.857. The number of carbonyl (C=O) groups is 1. The molecule has 3 rings (SSSR count). The SMILES string of the molecule is CC12COC(C(N)=O)(OC1)OC2. The van der Waals surface area contributed by atoms with Crippen molar-refractivity contribution in [3.8, 4) is 0 Å². The summed E-state index contributed by atoms with van der Waals surface area (Å²) in [5.41, 5.74) is 4.94. The van der Waals surface area contributed by atoms with Crippen LogP contribution in [0, 0.1) is 5.41 Å². The molecular formula is C7H11NO4. The van der Waals surface area contributed by atoms with E-state index in [0.29, 0.717) is 19.8 Å². The molecule has 0 saturated carbocycles. The van der Waals surface area contributed by atoms with Gasteiger partial charge in [0.1, 0.15) is 0 Å². The van der Waals surface area contributed by atoms with Crippen molar-refractivity contribution in [3.05, 3.63) is 0 Å². The third kappa shape index (κ3) is 0.939. The summed E-state index contributed by atoms with van der Waals surface area (Å²) >= 11 is 0. The number of ether oxygens (including phenoxy) is 3. The molecule has 0 unspecified atom stereocenters. The largest absolute Gasteiger partial charge is 0.367 e. The molecule has 68 valence electrons. The highest BCUT2D eigenvalue weighted by molar-refractivity contribution is 5.80. The number of rotatable bonds is 1. The minimum Gasteiger partial charge on any atom is -0.363 e. The number of carbonyl (C=O) groups excluding carboxylic acids is 1. The average molecular weight is 173 g/mol. The molecular weight excluding hydrogens is 162 g/mol. The smallest absolute Gasteiger partial charge is 0.363 e. The van der Waals surface area contributed by atoms with Crippen LogP contribution < -0.4 is 5.73 Å². The van der Waals surface area contributed by atoms with Crippen LogP contribution >= 0.6 is 0 Å². The van der Waals surface area contributed by atoms with Crippen molar-refractivity contribution >= 4 is 5.91 Å². The van der Waals surface area contributed by atoms with Gasteiger partial charge in [0.15, 0.2) is 0 Å². The lowest BCUT2D eigenvalue weighted by molar-refractivity contribution is -0.439. The minimum atomic E-state index is -1.60. The zero-order valence-electron chi connectivity index (χ0n) is 6.83. The number of primary amides is 1. The quantitative estimate of drug-likeness (QED) is 0.564. The predicted molar refractivity (Wildman–Crippen MR) is 37.9 cm³/mol. The Morgan fingerprint density at radius 3 is 2.00 bits per heavy atom. The molecule has 12 heavy (non-hydrogen) atoms. The van der Waals surface area contributed by atoms with Crippen molar-refractivity contribution in [1.29, 1.82) is 0 Å². The second kappa shape index (κ2) is 2.18. The summed E-state index contributed by atoms with van der Waals surface area (Å²) in [5.74, 6) is -2.32. The van der Waals surface area contributed by atoms with Crippen LogP contribution in [-0.2, 0) is 19.0 Å². The van der Waals surface area contributed by atoms with E-state index in [1.807, 2.05) is 6.92 Å². The van der Waals surface area contributed by atoms with E-state index in [4.69, 9.17) is 19.9 Å². The lowest BCUT2D eigenvalue weighted by Crippen LogP contribution is -2.64. The Labute approximate surface area is 69.8 Å². The van der Waals surface area contributed by atoms with Crippen LogP contribution in [0.15, 0.2) is 0 Å². The van der Waals surface area contributed by atoms with Crippen molar-refractivity contribution in [2.45, 2.75) is 12.9 Å². The maximum Gasteiger partial charge on any atom is 0.367 e. The maximum absolute atomic E-state index is 10.9. The van der Waals surface area contributed by atoms with Crippen molar-refractivity contribution in [1.82, 2.24) is 0 Å². The molecule has 5 heteroatoms. The van der Waals surface area contributed by atoms with Crippen LogP contribution in [0.3, 0.4) is 0 Å². The molecule has 2 bridgehead atoms. The van der Waals surface area contributed by atoms with Gasteiger partial charge in [-0.2, -0.15) is 0 Å². The van der Waals surface area contributed by atoms with Gasteiger partial charge in [0.2, 0.25) is 0 Å². The Morgan fingerprint density at radius 2 is 1.67 bits per heavy atom. The Bertz CT molecular complexity index is 203. The van der Waals surface area contributed by atoms with Crippen molar-refractivity contribution in [2.24, 2.45) is 11.1 Å². The Balaban J connectivity index is 2.20. The average Bonchev–Trinajstić information content (AvgIpc) is 2.06. The summed E-state index contributed by atoms with van der Waals surface area (Å²) in [6, 6.07) is 0. The molecule has 0 spiro atoms. The summed E-state index contributed by atoms with van der Waals surface area (Å²) in [5, 5.41) is 0. The second-order valence-corrected chi connectivity index (χ2v) is 3.60. The van der Waals surface area contributed by atoms with Gasteiger partial charge in [0.25, 0.3) is 0 Å². The fourth-order valence-electron chi connectivity index (χ4n) is 1.27. The third-order valence-electron chi connectivity index (χ3n) is 2.13. The highest BCUT2D eigenvalue weighted by Crippen LogP contribution is 2.37. The van der Waals surface area contributed by atoms with Crippen molar-refractivity contribution < 1.29 is 19.0 Å². The van der Waals surface area contributed by atoms with Gasteiger partial charge >= 0.3 is 11.9 Å². The van der Waals surface area contributed by atoms with Gasteiger partial charge in [0, 0.05) is 5.41 Å². The second-order valence-electron chi connectivity index (χ2n) is 3.60. The first-order valence-corrected chi connectivity index (χ1v) is 3.78. The van der Waals surface area contributed by atoms with E-state index in [-0.39, 0.29) is 5.41 Å². The number of nitrogens with two attached hydrogens (primary N) is 1. The van der Waals surface area contributed by atoms with Gasteiger partial charge < -0.3 is 19.9 Å². The molecule has 3 fully saturated rings. The lowest BCUT2D eigenvalue weighted by Gasteiger charge is -2.48. The van der Waals surface area contributed by atoms with E-state index in [9.17, 15) is 4.79 Å². The van der Waals surface area contributed by atoms with Crippen LogP contribution in [0.25, 0.3) is 0 Å². The standard InChI is InChI=1S/C7H11NO4/c1-6-2-10-7(5(8)9,11-3-6)12-4-6/h2-4H2,1H3,(H2,8,9). The molecule has 3 aliphatic rings. The highest BCUT2D eigenvalue weighted by atomic mass is 16.9. The van der Waals surface area contributed by atoms with Gasteiger partial charge in [-0.15, -0.1) is 0 Å². The normalized spacial score (nSPS) is 46.1. The molecule has 0 aromatic heterocycles. The summed E-state index contributed by atoms with van der Waals surface area (Å²) in [6.45, 7) is 3.33. The van der Waals surface area contributed by atoms with Gasteiger partial charge in [-0.3, -0.25) is 4.79 Å². The van der Waals surface area contributed by atoms with Crippen LogP contribution in [0.5, 0.6) is 0 Å². The van der Waals surface area contributed by atoms with Gasteiger partial charge in [-0.05, 0) is 0 Å². The third-order valence-corrected chi connectivity index (χ3v) is 2.13. The number of hydrogen-bond donors (Lipinski definition) is 1. The fourth-order valence-corrected chi connectivity index (χ4v) is 1.27. The first-order valence-electron chi connectivity index (χ1n) is 3.78. The minimum absolute atomic E-state index is 0.128. The van der Waals surface area contributed by atoms with E-state index < -0.39 is 11.9 Å². The first kappa shape index (κ1) is 7.97. The van der Waals surface area contributed by atoms with E-state index in [2.05, 4.69) is 0 Å². The van der Waals surface area contributed by atoms with Crippen molar-refractivity contribution in [3.63, 3.8) is 0 Å². The summed E-state index contributed by atoms with van der Waals surface area (Å²) in [7, 11) is 0. The zero-order valence-corrected chi connectivity index (χ0v) is 6.83. The van der Waals surface area contributed by atoms with E-state index >= 15 is 0 Å². The summed E-state index contributed by atoms with van der Waals surface area (Å²) in [4.78, 5) is 10.9. The number of amides is 1. The molecule has 0 atom stereocenters. The summed E-state index contributed by atoms with van der Waals surface area (Å²) in [6.07, 6.45) is 0. The van der Waals surface area contributed by atoms with Crippen LogP contribution in [-0.4, -0.2) is 31.7 Å². The molecule has 1 amide bonds. The molecule has 0 aromatic rings. The van der Waals surface area contributed by atoms with E-state index in [1.54, 1.807) is 0 Å². The molecule has 0 aliphatic carbocycles.